The molecule has 14 heteroatoms. The number of aromatic nitrogens is 3. The van der Waals surface area contributed by atoms with Gasteiger partial charge in [-0.1, -0.05) is 35.5 Å². The van der Waals surface area contributed by atoms with E-state index in [1.165, 1.54) is 7.05 Å². The molecule has 3 N–H and O–H groups in total. The van der Waals surface area contributed by atoms with Gasteiger partial charge in [0.15, 0.2) is 5.82 Å². The third-order valence-electron chi connectivity index (χ3n) is 8.38. The zero-order chi connectivity index (χ0) is 32.1. The van der Waals surface area contributed by atoms with E-state index in [1.54, 1.807) is 71.1 Å². The van der Waals surface area contributed by atoms with Gasteiger partial charge in [0.05, 0.1) is 24.0 Å². The number of hydrogen-bond donors (Lipinski definition) is 3. The van der Waals surface area contributed by atoms with Crippen LogP contribution < -0.4 is 16.0 Å². The van der Waals surface area contributed by atoms with Crippen molar-refractivity contribution >= 4 is 29.5 Å². The average Bonchev–Trinajstić information content (AvgIpc) is 3.81. The molecule has 0 radical (unpaired) electrons. The number of carbonyl (C=O) groups excluding carboxylic acids is 5. The first-order valence-electron chi connectivity index (χ1n) is 15.0. The van der Waals surface area contributed by atoms with Crippen LogP contribution in [0.2, 0.25) is 0 Å². The molecule has 14 nitrogen and oxygen atoms in total. The molecule has 3 aromatic rings. The normalized spacial score (nSPS) is 20.4. The van der Waals surface area contributed by atoms with E-state index in [4.69, 9.17) is 4.52 Å². The van der Waals surface area contributed by atoms with Crippen molar-refractivity contribution in [1.82, 2.24) is 40.5 Å². The standard InChI is InChI=1S/C31H38N8O6/c1-19-15-22(45-36-19)16-25(40)34-24-10-13-39(30(43)21-9-12-38(17-21)31(44)27-33-11-14-37(27)3)18-23(24)28(41)35-26(29(42)32-2)20-7-5-4-6-8-20/h4-8,11,14-15,21,23-24,26H,9-10,12-13,16-18H2,1-3H3,(H,32,42)(H,34,40)(H,35,41)/t21-,23-,24-,26-/m0/s1. The monoisotopic (exact) mass is 618 g/mol. The predicted octanol–water partition coefficient (Wildman–Crippen LogP) is 0.358. The third kappa shape index (κ3) is 7.21. The van der Waals surface area contributed by atoms with E-state index >= 15 is 0 Å². The summed E-state index contributed by atoms with van der Waals surface area (Å²) in [5, 5.41) is 12.2. The molecular weight excluding hydrogens is 580 g/mol. The molecular formula is C31H38N8O6. The van der Waals surface area contributed by atoms with E-state index in [0.717, 1.165) is 0 Å². The van der Waals surface area contributed by atoms with Crippen molar-refractivity contribution in [2.75, 3.05) is 33.2 Å². The molecule has 45 heavy (non-hydrogen) atoms. The zero-order valence-electron chi connectivity index (χ0n) is 25.6. The van der Waals surface area contributed by atoms with Crippen LogP contribution in [0.15, 0.2) is 53.3 Å². The lowest BCUT2D eigenvalue weighted by atomic mass is 9.89. The molecule has 0 bridgehead atoms. The van der Waals surface area contributed by atoms with E-state index in [-0.39, 0.29) is 37.2 Å². The summed E-state index contributed by atoms with van der Waals surface area (Å²) < 4.78 is 6.82. The highest BCUT2D eigenvalue weighted by Crippen LogP contribution is 2.26. The van der Waals surface area contributed by atoms with Gasteiger partial charge in [0.1, 0.15) is 11.8 Å². The maximum Gasteiger partial charge on any atom is 0.289 e. The van der Waals surface area contributed by atoms with E-state index < -0.39 is 35.7 Å². The minimum Gasteiger partial charge on any atom is -0.361 e. The van der Waals surface area contributed by atoms with Gasteiger partial charge in [-0.05, 0) is 25.3 Å². The van der Waals surface area contributed by atoms with E-state index in [0.29, 0.717) is 48.8 Å². The quantitative estimate of drug-likeness (QED) is 0.309. The number of benzene rings is 1. The van der Waals surface area contributed by atoms with E-state index in [1.807, 2.05) is 6.07 Å². The molecule has 5 amide bonds. The highest BCUT2D eigenvalue weighted by atomic mass is 16.5. The highest BCUT2D eigenvalue weighted by molar-refractivity contribution is 5.92. The Morgan fingerprint density at radius 2 is 1.80 bits per heavy atom. The van der Waals surface area contributed by atoms with E-state index in [2.05, 4.69) is 26.1 Å². The van der Waals surface area contributed by atoms with Crippen LogP contribution in [0.1, 0.15) is 46.5 Å². The Morgan fingerprint density at radius 1 is 1.04 bits per heavy atom. The van der Waals surface area contributed by atoms with Gasteiger partial charge in [-0.15, -0.1) is 0 Å². The summed E-state index contributed by atoms with van der Waals surface area (Å²) in [6.45, 7) is 2.78. The fraction of sp³-hybridized carbons (Fsp3) is 0.452. The van der Waals surface area contributed by atoms with Crippen molar-refractivity contribution in [3.8, 4) is 0 Å². The molecule has 4 atom stereocenters. The van der Waals surface area contributed by atoms with Crippen molar-refractivity contribution in [3.05, 3.63) is 71.6 Å². The van der Waals surface area contributed by atoms with Gasteiger partial charge in [0.25, 0.3) is 5.91 Å². The van der Waals surface area contributed by atoms with Gasteiger partial charge < -0.3 is 34.8 Å². The number of hydrogen-bond acceptors (Lipinski definition) is 8. The van der Waals surface area contributed by atoms with Crippen molar-refractivity contribution in [2.24, 2.45) is 18.9 Å². The van der Waals surface area contributed by atoms with Crippen LogP contribution in [-0.2, 0) is 32.6 Å². The van der Waals surface area contributed by atoms with Crippen LogP contribution in [-0.4, -0.2) is 93.3 Å². The summed E-state index contributed by atoms with van der Waals surface area (Å²) in [4.78, 5) is 73.8. The number of rotatable bonds is 9. The molecule has 1 aromatic carbocycles. The Morgan fingerprint density at radius 3 is 2.47 bits per heavy atom. The summed E-state index contributed by atoms with van der Waals surface area (Å²) in [6, 6.07) is 8.95. The number of amides is 5. The molecule has 0 saturated carbocycles. The van der Waals surface area contributed by atoms with Gasteiger partial charge in [-0.2, -0.15) is 0 Å². The number of likely N-dealkylation sites (tertiary alicyclic amines) is 2. The first kappa shape index (κ1) is 31.4. The molecule has 2 aromatic heterocycles. The van der Waals surface area contributed by atoms with Crippen molar-refractivity contribution in [1.29, 1.82) is 0 Å². The lowest BCUT2D eigenvalue weighted by molar-refractivity contribution is -0.141. The van der Waals surface area contributed by atoms with Crippen LogP contribution in [0.4, 0.5) is 0 Å². The summed E-state index contributed by atoms with van der Waals surface area (Å²) in [7, 11) is 3.23. The lowest BCUT2D eigenvalue weighted by Crippen LogP contribution is -2.58. The Kier molecular flexibility index (Phi) is 9.59. The number of carbonyl (C=O) groups is 5. The average molecular weight is 619 g/mol. The van der Waals surface area contributed by atoms with Gasteiger partial charge in [-0.3, -0.25) is 24.0 Å². The Labute approximate surface area is 260 Å². The molecule has 238 valence electrons. The van der Waals surface area contributed by atoms with Crippen LogP contribution >= 0.6 is 0 Å². The number of likely N-dealkylation sites (N-methyl/N-ethyl adjacent to an activating group) is 1. The van der Waals surface area contributed by atoms with Crippen molar-refractivity contribution < 1.29 is 28.5 Å². The van der Waals surface area contributed by atoms with Gasteiger partial charge >= 0.3 is 0 Å². The van der Waals surface area contributed by atoms with Crippen molar-refractivity contribution in [3.63, 3.8) is 0 Å². The fourth-order valence-electron chi connectivity index (χ4n) is 5.96. The Balaban J connectivity index is 1.31. The molecule has 4 heterocycles. The zero-order valence-corrected chi connectivity index (χ0v) is 25.6. The SMILES string of the molecule is CNC(=O)[C@@H](NC(=O)[C@H]1CN(C(=O)[C@H]2CCN(C(=O)c3nccn3C)C2)CC[C@@H]1NC(=O)Cc1cc(C)no1)c1ccccc1. The first-order chi connectivity index (χ1) is 21.6. The molecule has 0 spiro atoms. The topological polar surface area (TPSA) is 172 Å². The highest BCUT2D eigenvalue weighted by Gasteiger charge is 2.41. The summed E-state index contributed by atoms with van der Waals surface area (Å²) in [5.74, 6) is -2.18. The molecule has 2 fully saturated rings. The second kappa shape index (κ2) is 13.7. The molecule has 5 rings (SSSR count). The fourth-order valence-corrected chi connectivity index (χ4v) is 5.96. The molecule has 0 aliphatic carbocycles. The molecule has 2 aliphatic heterocycles. The Hall–Kier alpha value is -5.01. The lowest BCUT2D eigenvalue weighted by Gasteiger charge is -2.39. The molecule has 0 unspecified atom stereocenters. The van der Waals surface area contributed by atoms with Crippen LogP contribution in [0.5, 0.6) is 0 Å². The largest absolute Gasteiger partial charge is 0.361 e. The maximum absolute atomic E-state index is 13.9. The van der Waals surface area contributed by atoms with Gasteiger partial charge in [0.2, 0.25) is 23.6 Å². The van der Waals surface area contributed by atoms with Crippen LogP contribution in [0.25, 0.3) is 0 Å². The minimum atomic E-state index is -0.969. The molecule has 2 saturated heterocycles. The minimum absolute atomic E-state index is 0.0378. The summed E-state index contributed by atoms with van der Waals surface area (Å²) in [5.41, 5.74) is 1.24. The van der Waals surface area contributed by atoms with Crippen LogP contribution in [0.3, 0.4) is 0 Å². The first-order valence-corrected chi connectivity index (χ1v) is 15.0. The maximum atomic E-state index is 13.9. The predicted molar refractivity (Wildman–Crippen MR) is 160 cm³/mol. The number of nitrogens with one attached hydrogen (secondary N) is 3. The number of nitrogens with zero attached hydrogens (tertiary/aromatic N) is 5. The van der Waals surface area contributed by atoms with Gasteiger partial charge in [-0.25, -0.2) is 4.98 Å². The molecule has 2 aliphatic rings. The Bertz CT molecular complexity index is 1550. The second-order valence-electron chi connectivity index (χ2n) is 11.5. The smallest absolute Gasteiger partial charge is 0.289 e. The number of piperidine rings is 1. The number of imidazole rings is 1. The van der Waals surface area contributed by atoms with E-state index in [9.17, 15) is 24.0 Å². The summed E-state index contributed by atoms with van der Waals surface area (Å²) >= 11 is 0. The van der Waals surface area contributed by atoms with Crippen LogP contribution in [0, 0.1) is 18.8 Å². The number of aryl methyl sites for hydroxylation is 2. The second-order valence-corrected chi connectivity index (χ2v) is 11.5. The third-order valence-corrected chi connectivity index (χ3v) is 8.38. The summed E-state index contributed by atoms with van der Waals surface area (Å²) in [6.07, 6.45) is 4.01. The van der Waals surface area contributed by atoms with Gasteiger partial charge in [0, 0.05) is 64.8 Å². The van der Waals surface area contributed by atoms with Crippen molar-refractivity contribution in [2.45, 2.75) is 38.3 Å².